The van der Waals surface area contributed by atoms with Crippen molar-refractivity contribution in [3.8, 4) is 6.19 Å². The second-order valence-electron chi connectivity index (χ2n) is 2.58. The second-order valence-corrected chi connectivity index (χ2v) is 2.58. The summed E-state index contributed by atoms with van der Waals surface area (Å²) in [4.78, 5) is 11.1. The molecule has 0 heterocycles. The van der Waals surface area contributed by atoms with Crippen LogP contribution in [-0.2, 0) is 11.2 Å². The Hall–Kier alpha value is -1.82. The van der Waals surface area contributed by atoms with E-state index in [1.54, 1.807) is 12.6 Å². The van der Waals surface area contributed by atoms with Crippen molar-refractivity contribution in [3.63, 3.8) is 0 Å². The highest BCUT2D eigenvalue weighted by Crippen LogP contribution is 1.99. The van der Waals surface area contributed by atoms with Crippen molar-refractivity contribution in [3.05, 3.63) is 35.9 Å². The maximum atomic E-state index is 10.1. The van der Waals surface area contributed by atoms with Crippen molar-refractivity contribution in [1.82, 2.24) is 4.90 Å². The van der Waals surface area contributed by atoms with E-state index in [0.29, 0.717) is 13.0 Å². The number of amides is 1. The molecule has 0 fully saturated rings. The van der Waals surface area contributed by atoms with E-state index in [-0.39, 0.29) is 0 Å². The first-order valence-electron chi connectivity index (χ1n) is 3.96. The Kier molecular flexibility index (Phi) is 3.52. The van der Waals surface area contributed by atoms with Crippen LogP contribution in [0.15, 0.2) is 30.3 Å². The molecule has 1 rings (SSSR count). The Morgan fingerprint density at radius 2 is 2.00 bits per heavy atom. The van der Waals surface area contributed by atoms with E-state index < -0.39 is 0 Å². The van der Waals surface area contributed by atoms with Gasteiger partial charge in [-0.25, -0.2) is 4.90 Å². The first-order valence-corrected chi connectivity index (χ1v) is 3.96. The fraction of sp³-hybridized carbons (Fsp3) is 0.200. The lowest BCUT2D eigenvalue weighted by atomic mass is 10.1. The lowest BCUT2D eigenvalue weighted by Gasteiger charge is -2.04. The summed E-state index contributed by atoms with van der Waals surface area (Å²) < 4.78 is 0. The molecule has 1 amide bonds. The van der Waals surface area contributed by atoms with E-state index >= 15 is 0 Å². The summed E-state index contributed by atoms with van der Waals surface area (Å²) in [7, 11) is 0. The van der Waals surface area contributed by atoms with Crippen molar-refractivity contribution in [2.75, 3.05) is 6.54 Å². The van der Waals surface area contributed by atoms with Gasteiger partial charge in [0.25, 0.3) is 0 Å². The van der Waals surface area contributed by atoms with Gasteiger partial charge >= 0.3 is 6.41 Å². The number of benzene rings is 1. The van der Waals surface area contributed by atoms with Crippen molar-refractivity contribution in [1.29, 1.82) is 5.26 Å². The first kappa shape index (κ1) is 9.27. The average Bonchev–Trinajstić information content (AvgIpc) is 2.21. The highest BCUT2D eigenvalue weighted by atomic mass is 16.1. The van der Waals surface area contributed by atoms with Crippen LogP contribution >= 0.6 is 0 Å². The Morgan fingerprint density at radius 1 is 1.31 bits per heavy atom. The van der Waals surface area contributed by atoms with Crippen LogP contribution in [0.25, 0.3) is 0 Å². The fourth-order valence-electron chi connectivity index (χ4n) is 1.00. The number of rotatable bonds is 4. The zero-order valence-electron chi connectivity index (χ0n) is 7.10. The number of nitriles is 1. The van der Waals surface area contributed by atoms with Crippen molar-refractivity contribution in [2.24, 2.45) is 0 Å². The quantitative estimate of drug-likeness (QED) is 0.505. The summed E-state index contributed by atoms with van der Waals surface area (Å²) in [6.45, 7) is 0.393. The van der Waals surface area contributed by atoms with Crippen LogP contribution in [0.5, 0.6) is 0 Å². The van der Waals surface area contributed by atoms with Crippen LogP contribution in [-0.4, -0.2) is 17.9 Å². The van der Waals surface area contributed by atoms with Gasteiger partial charge in [-0.1, -0.05) is 30.3 Å². The zero-order chi connectivity index (χ0) is 9.52. The second kappa shape index (κ2) is 4.94. The van der Waals surface area contributed by atoms with Gasteiger partial charge in [0.15, 0.2) is 6.19 Å². The van der Waals surface area contributed by atoms with Crippen LogP contribution in [0.1, 0.15) is 5.56 Å². The van der Waals surface area contributed by atoms with E-state index in [2.05, 4.69) is 0 Å². The molecule has 0 spiro atoms. The maximum absolute atomic E-state index is 10.1. The van der Waals surface area contributed by atoms with Crippen LogP contribution in [0.4, 0.5) is 0 Å². The van der Waals surface area contributed by atoms with Gasteiger partial charge in [0.2, 0.25) is 0 Å². The van der Waals surface area contributed by atoms with Gasteiger partial charge in [0.1, 0.15) is 0 Å². The molecule has 1 aromatic carbocycles. The van der Waals surface area contributed by atoms with E-state index in [1.807, 2.05) is 30.3 Å². The molecule has 0 saturated heterocycles. The molecule has 0 unspecified atom stereocenters. The lowest BCUT2D eigenvalue weighted by molar-refractivity contribution is 0.471. The minimum atomic E-state index is 0.393. The minimum Gasteiger partial charge on any atom is -0.262 e. The van der Waals surface area contributed by atoms with Gasteiger partial charge in [0, 0.05) is 6.54 Å². The number of carbonyl (C=O) groups excluding carboxylic acids is 1. The Balaban J connectivity index is 2.44. The van der Waals surface area contributed by atoms with Gasteiger partial charge in [0.05, 0.1) is 0 Å². The molecular weight excluding hydrogens is 164 g/mol. The van der Waals surface area contributed by atoms with Gasteiger partial charge < -0.3 is 0 Å². The summed E-state index contributed by atoms with van der Waals surface area (Å²) in [5, 5.41) is 8.42. The molecule has 1 aromatic rings. The monoisotopic (exact) mass is 173 g/mol. The molecule has 0 atom stereocenters. The lowest BCUT2D eigenvalue weighted by Crippen LogP contribution is -2.18. The van der Waals surface area contributed by atoms with Gasteiger partial charge in [-0.2, -0.15) is 5.26 Å². The third-order valence-corrected chi connectivity index (χ3v) is 1.70. The highest BCUT2D eigenvalue weighted by molar-refractivity contribution is 5.50. The van der Waals surface area contributed by atoms with Crippen molar-refractivity contribution >= 4 is 6.41 Å². The molecule has 0 aliphatic carbocycles. The standard InChI is InChI=1S/C10H9N2O/c11-8-12(9-13)7-6-10-4-2-1-3-5-10/h1-5H,6-7H2. The zero-order valence-corrected chi connectivity index (χ0v) is 7.10. The molecule has 0 aromatic heterocycles. The normalized spacial score (nSPS) is 8.85. The summed E-state index contributed by atoms with van der Waals surface area (Å²) in [6.07, 6.45) is 3.96. The van der Waals surface area contributed by atoms with Gasteiger partial charge in [-0.3, -0.25) is 4.79 Å². The largest absolute Gasteiger partial charge is 0.326 e. The van der Waals surface area contributed by atoms with Crippen LogP contribution in [0, 0.1) is 11.5 Å². The summed E-state index contributed by atoms with van der Waals surface area (Å²) in [5.41, 5.74) is 1.11. The topological polar surface area (TPSA) is 44.1 Å². The third kappa shape index (κ3) is 2.96. The summed E-state index contributed by atoms with van der Waals surface area (Å²) in [5.74, 6) is 0. The summed E-state index contributed by atoms with van der Waals surface area (Å²) in [6, 6.07) is 9.70. The smallest absolute Gasteiger partial charge is 0.262 e. The van der Waals surface area contributed by atoms with Crippen molar-refractivity contribution in [2.45, 2.75) is 6.42 Å². The first-order chi connectivity index (χ1) is 6.36. The van der Waals surface area contributed by atoms with E-state index in [0.717, 1.165) is 10.5 Å². The molecular formula is C10H9N2O. The Morgan fingerprint density at radius 3 is 2.54 bits per heavy atom. The van der Waals surface area contributed by atoms with Gasteiger partial charge in [-0.05, 0) is 12.0 Å². The number of nitrogens with zero attached hydrogens (tertiary/aromatic N) is 2. The fourth-order valence-corrected chi connectivity index (χ4v) is 1.00. The van der Waals surface area contributed by atoms with E-state index in [1.165, 1.54) is 0 Å². The van der Waals surface area contributed by atoms with Crippen molar-refractivity contribution < 1.29 is 4.79 Å². The molecule has 0 saturated carbocycles. The van der Waals surface area contributed by atoms with E-state index in [9.17, 15) is 4.79 Å². The molecule has 0 bridgehead atoms. The average molecular weight is 173 g/mol. The molecule has 3 heteroatoms. The summed E-state index contributed by atoms with van der Waals surface area (Å²) >= 11 is 0. The third-order valence-electron chi connectivity index (χ3n) is 1.70. The number of hydrogen-bond donors (Lipinski definition) is 0. The Bertz CT molecular complexity index is 302. The Labute approximate surface area is 77.2 Å². The number of hydrogen-bond acceptors (Lipinski definition) is 2. The SMILES string of the molecule is N#CN([C]=O)CCc1ccccc1. The van der Waals surface area contributed by atoms with Crippen LogP contribution in [0.2, 0.25) is 0 Å². The molecule has 0 aliphatic heterocycles. The predicted molar refractivity (Wildman–Crippen MR) is 48.2 cm³/mol. The van der Waals surface area contributed by atoms with Crippen LogP contribution in [0.3, 0.4) is 0 Å². The van der Waals surface area contributed by atoms with Gasteiger partial charge in [-0.15, -0.1) is 0 Å². The highest BCUT2D eigenvalue weighted by Gasteiger charge is 1.99. The molecule has 65 valence electrons. The predicted octanol–water partition coefficient (Wildman–Crippen LogP) is 1.08. The molecule has 0 aliphatic rings. The minimum absolute atomic E-state index is 0.393. The van der Waals surface area contributed by atoms with Crippen LogP contribution < -0.4 is 0 Å². The van der Waals surface area contributed by atoms with E-state index in [4.69, 9.17) is 5.26 Å². The molecule has 1 radical (unpaired) electrons. The maximum Gasteiger partial charge on any atom is 0.326 e. The molecule has 13 heavy (non-hydrogen) atoms. The molecule has 0 N–H and O–H groups in total. The molecule has 3 nitrogen and oxygen atoms in total.